The van der Waals surface area contributed by atoms with Gasteiger partial charge in [0.2, 0.25) is 0 Å². The van der Waals surface area contributed by atoms with E-state index in [0.29, 0.717) is 0 Å². The molecule has 0 radical (unpaired) electrons. The van der Waals surface area contributed by atoms with Gasteiger partial charge in [-0.05, 0) is 31.4 Å². The average Bonchev–Trinajstić information content (AvgIpc) is 2.30. The summed E-state index contributed by atoms with van der Waals surface area (Å²) in [7, 11) is 0. The molecule has 2 amide bonds. The molecule has 0 saturated heterocycles. The molecule has 4 nitrogen and oxygen atoms in total. The minimum absolute atomic E-state index is 0.00161. The highest BCUT2D eigenvalue weighted by Crippen LogP contribution is 2.16. The van der Waals surface area contributed by atoms with Crippen LogP contribution in [0.1, 0.15) is 6.92 Å². The molecular weight excluding hydrogens is 316 g/mol. The normalized spacial score (nSPS) is 13.8. The SMILES string of the molecule is CSC(CO)C(C)NC(=O)Nc1cccc(Br)c1. The minimum atomic E-state index is -0.270. The number of aliphatic hydroxyl groups excluding tert-OH is 1. The molecule has 0 fully saturated rings. The van der Waals surface area contributed by atoms with Crippen molar-refractivity contribution < 1.29 is 9.90 Å². The van der Waals surface area contributed by atoms with Gasteiger partial charge in [0.15, 0.2) is 0 Å². The predicted molar refractivity (Wildman–Crippen MR) is 80.1 cm³/mol. The highest BCUT2D eigenvalue weighted by atomic mass is 79.9. The third-order valence-corrected chi connectivity index (χ3v) is 4.14. The molecule has 2 unspecified atom stereocenters. The Morgan fingerprint density at radius 1 is 1.56 bits per heavy atom. The Balaban J connectivity index is 2.51. The van der Waals surface area contributed by atoms with Crippen LogP contribution in [0.15, 0.2) is 28.7 Å². The number of urea groups is 1. The molecule has 0 aliphatic heterocycles. The third-order valence-electron chi connectivity index (χ3n) is 2.48. The lowest BCUT2D eigenvalue weighted by atomic mass is 10.2. The molecule has 2 atom stereocenters. The van der Waals surface area contributed by atoms with Crippen LogP contribution in [-0.4, -0.2) is 35.3 Å². The summed E-state index contributed by atoms with van der Waals surface area (Å²) in [6, 6.07) is 7.00. The maximum absolute atomic E-state index is 11.7. The summed E-state index contributed by atoms with van der Waals surface area (Å²) < 4.78 is 0.908. The van der Waals surface area contributed by atoms with E-state index in [4.69, 9.17) is 5.11 Å². The Morgan fingerprint density at radius 2 is 2.28 bits per heavy atom. The molecule has 0 aliphatic rings. The zero-order valence-corrected chi connectivity index (χ0v) is 12.7. The van der Waals surface area contributed by atoms with Gasteiger partial charge in [-0.3, -0.25) is 0 Å². The van der Waals surface area contributed by atoms with E-state index in [1.165, 1.54) is 11.8 Å². The lowest BCUT2D eigenvalue weighted by Crippen LogP contribution is -2.43. The Morgan fingerprint density at radius 3 is 2.83 bits per heavy atom. The minimum Gasteiger partial charge on any atom is -0.395 e. The summed E-state index contributed by atoms with van der Waals surface area (Å²) in [5.41, 5.74) is 0.721. The highest BCUT2D eigenvalue weighted by Gasteiger charge is 2.17. The standard InChI is InChI=1S/C12H17BrN2O2S/c1-8(11(7-16)18-2)14-12(17)15-10-5-3-4-9(13)6-10/h3-6,8,11,16H,7H2,1-2H3,(H2,14,15,17). The number of anilines is 1. The fourth-order valence-corrected chi connectivity index (χ4v) is 2.49. The molecule has 6 heteroatoms. The molecule has 1 aromatic rings. The lowest BCUT2D eigenvalue weighted by Gasteiger charge is -2.21. The number of thioether (sulfide) groups is 1. The van der Waals surface area contributed by atoms with Crippen molar-refractivity contribution in [2.75, 3.05) is 18.2 Å². The van der Waals surface area contributed by atoms with Crippen LogP contribution in [0.4, 0.5) is 10.5 Å². The van der Waals surface area contributed by atoms with E-state index in [-0.39, 0.29) is 23.9 Å². The van der Waals surface area contributed by atoms with Crippen LogP contribution in [0.25, 0.3) is 0 Å². The van der Waals surface area contributed by atoms with Gasteiger partial charge >= 0.3 is 6.03 Å². The number of aliphatic hydroxyl groups is 1. The van der Waals surface area contributed by atoms with Gasteiger partial charge in [-0.25, -0.2) is 4.79 Å². The van der Waals surface area contributed by atoms with Crippen molar-refractivity contribution in [3.05, 3.63) is 28.7 Å². The maximum Gasteiger partial charge on any atom is 0.319 e. The molecule has 100 valence electrons. The van der Waals surface area contributed by atoms with Crippen LogP contribution >= 0.6 is 27.7 Å². The second-order valence-electron chi connectivity index (χ2n) is 3.85. The molecule has 0 saturated carbocycles. The molecule has 18 heavy (non-hydrogen) atoms. The van der Waals surface area contributed by atoms with Crippen molar-refractivity contribution in [2.45, 2.75) is 18.2 Å². The van der Waals surface area contributed by atoms with E-state index in [0.717, 1.165) is 10.2 Å². The van der Waals surface area contributed by atoms with Gasteiger partial charge in [-0.2, -0.15) is 11.8 Å². The zero-order valence-electron chi connectivity index (χ0n) is 10.3. The van der Waals surface area contributed by atoms with Crippen molar-refractivity contribution in [3.63, 3.8) is 0 Å². The number of rotatable bonds is 5. The van der Waals surface area contributed by atoms with Gasteiger partial charge in [0.05, 0.1) is 6.61 Å². The Bertz CT molecular complexity index is 399. The van der Waals surface area contributed by atoms with Crippen LogP contribution in [0.3, 0.4) is 0 Å². The zero-order chi connectivity index (χ0) is 13.5. The fraction of sp³-hybridized carbons (Fsp3) is 0.417. The highest BCUT2D eigenvalue weighted by molar-refractivity contribution is 9.10. The molecular formula is C12H17BrN2O2S. The quantitative estimate of drug-likeness (QED) is 0.776. The van der Waals surface area contributed by atoms with E-state index in [2.05, 4.69) is 26.6 Å². The maximum atomic E-state index is 11.7. The van der Waals surface area contributed by atoms with E-state index in [1.807, 2.05) is 37.4 Å². The Hall–Kier alpha value is -0.720. The first-order chi connectivity index (χ1) is 8.56. The van der Waals surface area contributed by atoms with Crippen LogP contribution in [-0.2, 0) is 0 Å². The summed E-state index contributed by atoms with van der Waals surface area (Å²) >= 11 is 4.87. The number of benzene rings is 1. The number of nitrogens with one attached hydrogen (secondary N) is 2. The van der Waals surface area contributed by atoms with E-state index in [1.54, 1.807) is 0 Å². The van der Waals surface area contributed by atoms with Gasteiger partial charge in [0, 0.05) is 21.5 Å². The molecule has 0 bridgehead atoms. The topological polar surface area (TPSA) is 61.4 Å². The first kappa shape index (κ1) is 15.3. The molecule has 1 rings (SSSR count). The largest absolute Gasteiger partial charge is 0.395 e. The first-order valence-electron chi connectivity index (χ1n) is 5.53. The molecule has 0 spiro atoms. The van der Waals surface area contributed by atoms with Crippen molar-refractivity contribution in [3.8, 4) is 0 Å². The third kappa shape index (κ3) is 4.88. The van der Waals surface area contributed by atoms with Crippen LogP contribution in [0.2, 0.25) is 0 Å². The second kappa shape index (κ2) is 7.66. The number of carbonyl (C=O) groups excluding carboxylic acids is 1. The van der Waals surface area contributed by atoms with Crippen LogP contribution in [0, 0.1) is 0 Å². The van der Waals surface area contributed by atoms with Gasteiger partial charge in [-0.1, -0.05) is 22.0 Å². The van der Waals surface area contributed by atoms with Crippen molar-refractivity contribution in [1.82, 2.24) is 5.32 Å². The number of hydrogen-bond donors (Lipinski definition) is 3. The van der Waals surface area contributed by atoms with Crippen molar-refractivity contribution in [1.29, 1.82) is 0 Å². The van der Waals surface area contributed by atoms with Crippen molar-refractivity contribution >= 4 is 39.4 Å². The number of amides is 2. The lowest BCUT2D eigenvalue weighted by molar-refractivity contribution is 0.243. The van der Waals surface area contributed by atoms with E-state index >= 15 is 0 Å². The summed E-state index contributed by atoms with van der Waals surface area (Å²) in [4.78, 5) is 11.7. The number of carbonyl (C=O) groups is 1. The summed E-state index contributed by atoms with van der Waals surface area (Å²) in [5.74, 6) is 0. The monoisotopic (exact) mass is 332 g/mol. The van der Waals surface area contributed by atoms with Crippen LogP contribution in [0.5, 0.6) is 0 Å². The molecule has 0 aliphatic carbocycles. The molecule has 0 heterocycles. The first-order valence-corrected chi connectivity index (χ1v) is 7.61. The van der Waals surface area contributed by atoms with Gasteiger partial charge < -0.3 is 15.7 Å². The second-order valence-corrected chi connectivity index (χ2v) is 5.85. The molecule has 1 aromatic carbocycles. The fourth-order valence-electron chi connectivity index (χ4n) is 1.47. The molecule has 0 aromatic heterocycles. The smallest absolute Gasteiger partial charge is 0.319 e. The molecule has 3 N–H and O–H groups in total. The van der Waals surface area contributed by atoms with E-state index < -0.39 is 0 Å². The summed E-state index contributed by atoms with van der Waals surface area (Å²) in [6.07, 6.45) is 1.91. The van der Waals surface area contributed by atoms with Gasteiger partial charge in [-0.15, -0.1) is 0 Å². The van der Waals surface area contributed by atoms with Crippen LogP contribution < -0.4 is 10.6 Å². The van der Waals surface area contributed by atoms with E-state index in [9.17, 15) is 4.79 Å². The summed E-state index contributed by atoms with van der Waals surface area (Å²) in [6.45, 7) is 1.91. The van der Waals surface area contributed by atoms with Crippen molar-refractivity contribution in [2.24, 2.45) is 0 Å². The Kier molecular flexibility index (Phi) is 6.52. The number of halogens is 1. The van der Waals surface area contributed by atoms with Gasteiger partial charge in [0.25, 0.3) is 0 Å². The predicted octanol–water partition coefficient (Wildman–Crippen LogP) is 2.68. The van der Waals surface area contributed by atoms with Gasteiger partial charge in [0.1, 0.15) is 0 Å². The number of hydrogen-bond acceptors (Lipinski definition) is 3. The average molecular weight is 333 g/mol. The Labute approximate surface area is 120 Å². The summed E-state index contributed by atoms with van der Waals surface area (Å²) in [5, 5.41) is 14.7.